The Bertz CT molecular complexity index is 370. The highest BCUT2D eigenvalue weighted by Gasteiger charge is 2.13. The van der Waals surface area contributed by atoms with E-state index in [9.17, 15) is 4.79 Å². The molecule has 0 bridgehead atoms. The maximum absolute atomic E-state index is 11.6. The van der Waals surface area contributed by atoms with Gasteiger partial charge in [-0.1, -0.05) is 12.2 Å². The fraction of sp³-hybridized carbons (Fsp3) is 0.538. The minimum atomic E-state index is 0.169. The third-order valence-corrected chi connectivity index (χ3v) is 3.01. The van der Waals surface area contributed by atoms with Crippen molar-refractivity contribution in [1.82, 2.24) is 15.1 Å². The van der Waals surface area contributed by atoms with Gasteiger partial charge in [-0.05, 0) is 31.2 Å². The standard InChI is InChI=1S/C13H19N3O/c17-13(11-12-5-1-2-6-12)14-7-3-9-16-10-4-8-15-16/h1,4-5,8,10,12H,2-3,6-7,9,11H2,(H,14,17)/t12-/m0/s1. The smallest absolute Gasteiger partial charge is 0.220 e. The molecule has 4 nitrogen and oxygen atoms in total. The number of aryl methyl sites for hydroxylation is 1. The summed E-state index contributed by atoms with van der Waals surface area (Å²) < 4.78 is 1.88. The molecule has 0 aromatic carbocycles. The number of allylic oxidation sites excluding steroid dienone is 2. The summed E-state index contributed by atoms with van der Waals surface area (Å²) in [5, 5.41) is 7.07. The molecule has 1 amide bonds. The first-order valence-electron chi connectivity index (χ1n) is 6.25. The zero-order valence-electron chi connectivity index (χ0n) is 10.0. The summed E-state index contributed by atoms with van der Waals surface area (Å²) in [7, 11) is 0. The third-order valence-electron chi connectivity index (χ3n) is 3.01. The second kappa shape index (κ2) is 6.23. The van der Waals surface area contributed by atoms with E-state index in [0.29, 0.717) is 12.3 Å². The zero-order chi connectivity index (χ0) is 11.9. The Hall–Kier alpha value is -1.58. The number of carbonyl (C=O) groups excluding carboxylic acids is 1. The summed E-state index contributed by atoms with van der Waals surface area (Å²) in [6.45, 7) is 1.59. The number of hydrogen-bond donors (Lipinski definition) is 1. The largest absolute Gasteiger partial charge is 0.356 e. The van der Waals surface area contributed by atoms with E-state index in [1.807, 2.05) is 16.9 Å². The van der Waals surface area contributed by atoms with E-state index in [1.54, 1.807) is 6.20 Å². The summed E-state index contributed by atoms with van der Waals surface area (Å²) in [5.41, 5.74) is 0. The van der Waals surface area contributed by atoms with Gasteiger partial charge in [0.25, 0.3) is 0 Å². The number of nitrogens with zero attached hydrogens (tertiary/aromatic N) is 2. The first kappa shape index (κ1) is 11.9. The van der Waals surface area contributed by atoms with E-state index in [-0.39, 0.29) is 5.91 Å². The van der Waals surface area contributed by atoms with Crippen LogP contribution >= 0.6 is 0 Å². The first-order chi connectivity index (χ1) is 8.34. The molecule has 0 fully saturated rings. The Balaban J connectivity index is 1.55. The van der Waals surface area contributed by atoms with Crippen LogP contribution in [0.25, 0.3) is 0 Å². The summed E-state index contributed by atoms with van der Waals surface area (Å²) in [5.74, 6) is 0.628. The van der Waals surface area contributed by atoms with Crippen LogP contribution in [0.3, 0.4) is 0 Å². The van der Waals surface area contributed by atoms with Gasteiger partial charge in [0.2, 0.25) is 5.91 Å². The van der Waals surface area contributed by atoms with E-state index in [0.717, 1.165) is 32.4 Å². The maximum atomic E-state index is 11.6. The summed E-state index contributed by atoms with van der Waals surface area (Å²) in [6, 6.07) is 1.91. The number of nitrogens with one attached hydrogen (secondary N) is 1. The molecule has 1 aromatic heterocycles. The van der Waals surface area contributed by atoms with Crippen molar-refractivity contribution in [2.45, 2.75) is 32.2 Å². The van der Waals surface area contributed by atoms with Crippen LogP contribution < -0.4 is 5.32 Å². The molecule has 0 spiro atoms. The molecule has 1 N–H and O–H groups in total. The highest BCUT2D eigenvalue weighted by molar-refractivity contribution is 5.76. The van der Waals surface area contributed by atoms with Crippen molar-refractivity contribution in [2.75, 3.05) is 6.54 Å². The SMILES string of the molecule is O=C(C[C@H]1C=CCC1)NCCCn1cccn1. The lowest BCUT2D eigenvalue weighted by molar-refractivity contribution is -0.121. The van der Waals surface area contributed by atoms with E-state index < -0.39 is 0 Å². The zero-order valence-corrected chi connectivity index (χ0v) is 10.0. The van der Waals surface area contributed by atoms with Crippen LogP contribution in [0.2, 0.25) is 0 Å². The second-order valence-electron chi connectivity index (χ2n) is 4.44. The Kier molecular flexibility index (Phi) is 4.36. The van der Waals surface area contributed by atoms with Crippen molar-refractivity contribution < 1.29 is 4.79 Å². The average molecular weight is 233 g/mol. The quantitative estimate of drug-likeness (QED) is 0.601. The lowest BCUT2D eigenvalue weighted by Crippen LogP contribution is -2.26. The maximum Gasteiger partial charge on any atom is 0.220 e. The van der Waals surface area contributed by atoms with E-state index in [1.165, 1.54) is 0 Å². The number of carbonyl (C=O) groups is 1. The fourth-order valence-electron chi connectivity index (χ4n) is 2.08. The molecule has 1 atom stereocenters. The Labute approximate surface area is 102 Å². The summed E-state index contributed by atoms with van der Waals surface area (Å²) >= 11 is 0. The van der Waals surface area contributed by atoms with Gasteiger partial charge in [-0.3, -0.25) is 9.48 Å². The third kappa shape index (κ3) is 4.06. The van der Waals surface area contributed by atoms with E-state index in [2.05, 4.69) is 22.6 Å². The van der Waals surface area contributed by atoms with Gasteiger partial charge in [-0.2, -0.15) is 5.10 Å². The van der Waals surface area contributed by atoms with E-state index >= 15 is 0 Å². The van der Waals surface area contributed by atoms with Gasteiger partial charge in [0.05, 0.1) is 0 Å². The van der Waals surface area contributed by atoms with Crippen LogP contribution in [0.5, 0.6) is 0 Å². The second-order valence-corrected chi connectivity index (χ2v) is 4.44. The highest BCUT2D eigenvalue weighted by atomic mass is 16.1. The molecule has 4 heteroatoms. The molecular formula is C13H19N3O. The first-order valence-corrected chi connectivity index (χ1v) is 6.25. The number of hydrogen-bond acceptors (Lipinski definition) is 2. The molecule has 2 rings (SSSR count). The van der Waals surface area contributed by atoms with Crippen LogP contribution in [-0.2, 0) is 11.3 Å². The predicted molar refractivity (Wildman–Crippen MR) is 66.3 cm³/mol. The van der Waals surface area contributed by atoms with Crippen molar-refractivity contribution in [3.63, 3.8) is 0 Å². The Morgan fingerprint density at radius 1 is 1.53 bits per heavy atom. The van der Waals surface area contributed by atoms with Crippen molar-refractivity contribution in [3.8, 4) is 0 Å². The van der Waals surface area contributed by atoms with Gasteiger partial charge in [0, 0.05) is 31.9 Å². The topological polar surface area (TPSA) is 46.9 Å². The molecule has 1 aromatic rings. The van der Waals surface area contributed by atoms with Crippen LogP contribution in [0, 0.1) is 5.92 Å². The molecule has 17 heavy (non-hydrogen) atoms. The lowest BCUT2D eigenvalue weighted by atomic mass is 10.1. The van der Waals surface area contributed by atoms with Crippen molar-refractivity contribution in [1.29, 1.82) is 0 Å². The molecule has 1 aliphatic rings. The van der Waals surface area contributed by atoms with Gasteiger partial charge in [0.15, 0.2) is 0 Å². The van der Waals surface area contributed by atoms with Crippen molar-refractivity contribution >= 4 is 5.91 Å². The molecule has 0 radical (unpaired) electrons. The van der Waals surface area contributed by atoms with Gasteiger partial charge < -0.3 is 5.32 Å². The molecule has 0 saturated carbocycles. The fourth-order valence-corrected chi connectivity index (χ4v) is 2.08. The van der Waals surface area contributed by atoms with Gasteiger partial charge in [-0.25, -0.2) is 0 Å². The van der Waals surface area contributed by atoms with Crippen LogP contribution in [0.4, 0.5) is 0 Å². The molecule has 1 heterocycles. The highest BCUT2D eigenvalue weighted by Crippen LogP contribution is 2.19. The monoisotopic (exact) mass is 233 g/mol. The minimum Gasteiger partial charge on any atom is -0.356 e. The van der Waals surface area contributed by atoms with Crippen molar-refractivity contribution in [3.05, 3.63) is 30.6 Å². The predicted octanol–water partition coefficient (Wildman–Crippen LogP) is 1.75. The van der Waals surface area contributed by atoms with Gasteiger partial charge in [-0.15, -0.1) is 0 Å². The Morgan fingerprint density at radius 2 is 2.47 bits per heavy atom. The summed E-state index contributed by atoms with van der Waals surface area (Å²) in [6.07, 6.45) is 11.8. The summed E-state index contributed by atoms with van der Waals surface area (Å²) in [4.78, 5) is 11.6. The number of rotatable bonds is 6. The number of aromatic nitrogens is 2. The molecule has 1 aliphatic carbocycles. The average Bonchev–Trinajstić information content (AvgIpc) is 2.96. The molecule has 0 saturated heterocycles. The lowest BCUT2D eigenvalue weighted by Gasteiger charge is -2.08. The van der Waals surface area contributed by atoms with E-state index in [4.69, 9.17) is 0 Å². The number of amides is 1. The minimum absolute atomic E-state index is 0.169. The molecular weight excluding hydrogens is 214 g/mol. The molecule has 0 aliphatic heterocycles. The van der Waals surface area contributed by atoms with Crippen LogP contribution in [0.1, 0.15) is 25.7 Å². The molecule has 0 unspecified atom stereocenters. The Morgan fingerprint density at radius 3 is 3.18 bits per heavy atom. The van der Waals surface area contributed by atoms with Gasteiger partial charge in [0.1, 0.15) is 0 Å². The van der Waals surface area contributed by atoms with Gasteiger partial charge >= 0.3 is 0 Å². The van der Waals surface area contributed by atoms with Crippen LogP contribution in [-0.4, -0.2) is 22.2 Å². The molecule has 92 valence electrons. The normalized spacial score (nSPS) is 18.5. The van der Waals surface area contributed by atoms with Crippen molar-refractivity contribution in [2.24, 2.45) is 5.92 Å². The van der Waals surface area contributed by atoms with Crippen LogP contribution in [0.15, 0.2) is 30.6 Å².